The average Bonchev–Trinajstić information content (AvgIpc) is 3.46. The monoisotopic (exact) mass is 701 g/mol. The lowest BCUT2D eigenvalue weighted by Gasteiger charge is -2.37. The Hall–Kier alpha value is -3.74. The summed E-state index contributed by atoms with van der Waals surface area (Å²) in [6.07, 6.45) is 7.02. The summed E-state index contributed by atoms with van der Waals surface area (Å²) in [7, 11) is 0. The van der Waals surface area contributed by atoms with Gasteiger partial charge < -0.3 is 31.3 Å². The maximum Gasteiger partial charge on any atom is 0.329 e. The molecule has 5 amide bonds. The van der Waals surface area contributed by atoms with Crippen LogP contribution >= 0.6 is 11.3 Å². The van der Waals surface area contributed by atoms with Crippen molar-refractivity contribution in [3.05, 3.63) is 34.5 Å². The number of esters is 1. The minimum absolute atomic E-state index is 0.00634. The number of primary amides is 1. The van der Waals surface area contributed by atoms with Crippen molar-refractivity contribution in [2.24, 2.45) is 34.3 Å². The molecule has 1 saturated heterocycles. The van der Waals surface area contributed by atoms with E-state index in [4.69, 9.17) is 10.5 Å². The van der Waals surface area contributed by atoms with E-state index in [9.17, 15) is 28.8 Å². The van der Waals surface area contributed by atoms with E-state index in [0.29, 0.717) is 18.8 Å². The number of carbonyl (C=O) groups excluding carboxylic acids is 6. The Morgan fingerprint density at radius 3 is 2.22 bits per heavy atom. The van der Waals surface area contributed by atoms with Gasteiger partial charge in [0.15, 0.2) is 0 Å². The van der Waals surface area contributed by atoms with Crippen molar-refractivity contribution in [1.29, 1.82) is 0 Å². The third kappa shape index (κ3) is 12.0. The first-order valence-corrected chi connectivity index (χ1v) is 18.1. The van der Waals surface area contributed by atoms with Crippen LogP contribution in [0, 0.1) is 28.6 Å². The van der Waals surface area contributed by atoms with Crippen LogP contribution in [0.2, 0.25) is 0 Å². The Balaban J connectivity index is 1.81. The second-order valence-corrected chi connectivity index (χ2v) is 16.7. The molecule has 272 valence electrons. The lowest BCUT2D eigenvalue weighted by Crippen LogP contribution is -2.61. The maximum atomic E-state index is 14.3. The molecular formula is C36H55N5O7S. The highest BCUT2D eigenvalue weighted by Gasteiger charge is 2.47. The smallest absolute Gasteiger partial charge is 0.329 e. The average molecular weight is 702 g/mol. The van der Waals surface area contributed by atoms with Crippen molar-refractivity contribution >= 4 is 46.8 Å². The molecule has 13 heteroatoms. The van der Waals surface area contributed by atoms with Crippen LogP contribution in [0.3, 0.4) is 0 Å². The lowest BCUT2D eigenvalue weighted by atomic mass is 9.84. The summed E-state index contributed by atoms with van der Waals surface area (Å²) in [5, 5.41) is 12.0. The summed E-state index contributed by atoms with van der Waals surface area (Å²) in [5.74, 6) is -3.44. The van der Waals surface area contributed by atoms with Crippen molar-refractivity contribution in [2.75, 3.05) is 6.54 Å². The standard InChI is InChI=1S/C36H55N5O7S/c1-21(2)24-14-16-41(27(24)31(44)38-25(28(42)30(37)43)11-9-10-22-12-13-22)32(45)29(36(6,7)8)40-34(47)39-26(18-35(3,4)5)33(46)48-19-23-15-17-49-20-23/h9,11,15,17,20-22,24-27,29H,10,12-14,16,18-19H2,1-8H3,(H2,37,43)(H,38,44)(H2,39,40,47)/b11-9+/t24-,25?,26+,27+,29-/m1/s1. The molecule has 1 aromatic rings. The number of nitrogens with two attached hydrogens (primary N) is 1. The van der Waals surface area contributed by atoms with Gasteiger partial charge in [0.1, 0.15) is 30.8 Å². The second kappa shape index (κ2) is 16.8. The number of nitrogens with zero attached hydrogens (tertiary/aromatic N) is 1. The molecule has 0 spiro atoms. The van der Waals surface area contributed by atoms with Gasteiger partial charge in [0.25, 0.3) is 5.91 Å². The van der Waals surface area contributed by atoms with Crippen molar-refractivity contribution in [3.63, 3.8) is 0 Å². The van der Waals surface area contributed by atoms with Gasteiger partial charge in [-0.05, 0) is 77.5 Å². The zero-order chi connectivity index (χ0) is 36.7. The summed E-state index contributed by atoms with van der Waals surface area (Å²) >= 11 is 1.49. The van der Waals surface area contributed by atoms with Gasteiger partial charge in [0.2, 0.25) is 17.6 Å². The number of ketones is 1. The number of thiophene rings is 1. The molecule has 5 N–H and O–H groups in total. The molecule has 2 fully saturated rings. The molecule has 1 unspecified atom stereocenters. The molecule has 5 atom stereocenters. The molecule has 12 nitrogen and oxygen atoms in total. The Kier molecular flexibility index (Phi) is 13.6. The Morgan fingerprint density at radius 2 is 1.69 bits per heavy atom. The van der Waals surface area contributed by atoms with Gasteiger partial charge in [-0.2, -0.15) is 11.3 Å². The van der Waals surface area contributed by atoms with E-state index < -0.39 is 65.1 Å². The number of Topliss-reactive ketones (excluding diaryl/α,β-unsaturated/α-hetero) is 1. The fourth-order valence-corrected chi connectivity index (χ4v) is 6.69. The van der Waals surface area contributed by atoms with Crippen LogP contribution in [0.25, 0.3) is 0 Å². The van der Waals surface area contributed by atoms with Gasteiger partial charge in [-0.25, -0.2) is 9.59 Å². The number of ether oxygens (including phenoxy) is 1. The number of hydrogen-bond acceptors (Lipinski definition) is 8. The summed E-state index contributed by atoms with van der Waals surface area (Å²) in [6, 6.07) is -3.12. The summed E-state index contributed by atoms with van der Waals surface area (Å²) in [5.41, 5.74) is 5.03. The normalized spacial score (nSPS) is 20.1. The molecule has 1 aromatic heterocycles. The number of allylic oxidation sites excluding steroid dienone is 1. The molecule has 1 aliphatic heterocycles. The molecule has 2 heterocycles. The lowest BCUT2D eigenvalue weighted by molar-refractivity contribution is -0.148. The number of hydrogen-bond donors (Lipinski definition) is 4. The first-order chi connectivity index (χ1) is 22.8. The molecule has 49 heavy (non-hydrogen) atoms. The van der Waals surface area contributed by atoms with Crippen molar-refractivity contribution < 1.29 is 33.5 Å². The number of amides is 5. The minimum Gasteiger partial charge on any atom is -0.459 e. The Bertz CT molecular complexity index is 1370. The number of likely N-dealkylation sites (tertiary alicyclic amines) is 1. The van der Waals surface area contributed by atoms with Gasteiger partial charge in [-0.3, -0.25) is 19.2 Å². The maximum absolute atomic E-state index is 14.3. The molecule has 2 aliphatic rings. The third-order valence-corrected chi connectivity index (χ3v) is 9.66. The zero-order valence-electron chi connectivity index (χ0n) is 30.2. The van der Waals surface area contributed by atoms with E-state index in [1.165, 1.54) is 22.3 Å². The van der Waals surface area contributed by atoms with Crippen molar-refractivity contribution in [1.82, 2.24) is 20.9 Å². The molecule has 0 radical (unpaired) electrons. The van der Waals surface area contributed by atoms with Crippen LogP contribution in [0.4, 0.5) is 4.79 Å². The molecule has 1 aliphatic carbocycles. The van der Waals surface area contributed by atoms with Crippen molar-refractivity contribution in [2.45, 2.75) is 118 Å². The number of rotatable bonds is 15. The van der Waals surface area contributed by atoms with Crippen LogP contribution in [0.5, 0.6) is 0 Å². The molecule has 0 aromatic carbocycles. The van der Waals surface area contributed by atoms with Crippen LogP contribution in [0.15, 0.2) is 29.0 Å². The number of urea groups is 1. The number of nitrogens with one attached hydrogen (secondary N) is 3. The topological polar surface area (TPSA) is 177 Å². The SMILES string of the molecule is CC(C)[C@H]1CCN(C(=O)[C@@H](NC(=O)N[C@@H](CC(C)(C)C)C(=O)OCc2ccsc2)C(C)(C)C)[C@@H]1C(=O)NC(/C=C/CC1CC1)C(=O)C(N)=O. The van der Waals surface area contributed by atoms with E-state index in [1.54, 1.807) is 26.8 Å². The fourth-order valence-electron chi connectivity index (χ4n) is 6.03. The van der Waals surface area contributed by atoms with Gasteiger partial charge in [-0.1, -0.05) is 67.5 Å². The van der Waals surface area contributed by atoms with Gasteiger partial charge >= 0.3 is 12.0 Å². The van der Waals surface area contributed by atoms with E-state index in [1.807, 2.05) is 51.4 Å². The molecule has 1 saturated carbocycles. The van der Waals surface area contributed by atoms with Gasteiger partial charge in [0.05, 0.1) is 0 Å². The zero-order valence-corrected chi connectivity index (χ0v) is 31.0. The van der Waals surface area contributed by atoms with Crippen LogP contribution in [-0.2, 0) is 35.3 Å². The summed E-state index contributed by atoms with van der Waals surface area (Å²) in [6.45, 7) is 15.5. The van der Waals surface area contributed by atoms with Gasteiger partial charge in [0, 0.05) is 12.1 Å². The third-order valence-electron chi connectivity index (χ3n) is 8.93. The van der Waals surface area contributed by atoms with E-state index >= 15 is 0 Å². The summed E-state index contributed by atoms with van der Waals surface area (Å²) < 4.78 is 5.52. The highest BCUT2D eigenvalue weighted by Crippen LogP contribution is 2.34. The van der Waals surface area contributed by atoms with E-state index in [0.717, 1.165) is 24.8 Å². The molecule has 3 rings (SSSR count). The number of carbonyl (C=O) groups is 6. The van der Waals surface area contributed by atoms with Gasteiger partial charge in [-0.15, -0.1) is 0 Å². The van der Waals surface area contributed by atoms with E-state index in [2.05, 4.69) is 16.0 Å². The van der Waals surface area contributed by atoms with Crippen LogP contribution in [0.1, 0.15) is 93.1 Å². The largest absolute Gasteiger partial charge is 0.459 e. The van der Waals surface area contributed by atoms with Crippen LogP contribution < -0.4 is 21.7 Å². The highest BCUT2D eigenvalue weighted by molar-refractivity contribution is 7.07. The van der Waals surface area contributed by atoms with Crippen LogP contribution in [-0.4, -0.2) is 71.1 Å². The second-order valence-electron chi connectivity index (χ2n) is 16.0. The fraction of sp³-hybridized carbons (Fsp3) is 0.667. The van der Waals surface area contributed by atoms with Crippen molar-refractivity contribution in [3.8, 4) is 0 Å². The summed E-state index contributed by atoms with van der Waals surface area (Å²) in [4.78, 5) is 80.9. The minimum atomic E-state index is -1.25. The first-order valence-electron chi connectivity index (χ1n) is 17.1. The molecular weight excluding hydrogens is 646 g/mol. The highest BCUT2D eigenvalue weighted by atomic mass is 32.1. The Labute approximate surface area is 294 Å². The first kappa shape index (κ1) is 39.7. The predicted molar refractivity (Wildman–Crippen MR) is 188 cm³/mol. The molecule has 0 bridgehead atoms. The Morgan fingerprint density at radius 1 is 1.02 bits per heavy atom. The van der Waals surface area contributed by atoms with E-state index in [-0.39, 0.29) is 30.4 Å². The quantitative estimate of drug-likeness (QED) is 0.121. The predicted octanol–water partition coefficient (Wildman–Crippen LogP) is 4.08.